The van der Waals surface area contributed by atoms with Crippen molar-refractivity contribution in [1.29, 1.82) is 0 Å². The number of aromatic nitrogens is 2. The smallest absolute Gasteiger partial charge is 0.220 e. The van der Waals surface area contributed by atoms with E-state index in [0.717, 1.165) is 25.9 Å². The van der Waals surface area contributed by atoms with E-state index in [2.05, 4.69) is 15.3 Å². The summed E-state index contributed by atoms with van der Waals surface area (Å²) in [6.07, 6.45) is 3.89. The zero-order chi connectivity index (χ0) is 11.2. The summed E-state index contributed by atoms with van der Waals surface area (Å²) in [6, 6.07) is 1.73. The summed E-state index contributed by atoms with van der Waals surface area (Å²) in [5.74, 6) is 1.16. The maximum Gasteiger partial charge on any atom is 0.220 e. The minimum atomic E-state index is 0.207. The lowest BCUT2D eigenvalue weighted by atomic mass is 10.1. The molecule has 1 atom stereocenters. The van der Waals surface area contributed by atoms with Gasteiger partial charge in [-0.1, -0.05) is 0 Å². The summed E-state index contributed by atoms with van der Waals surface area (Å²) in [6.45, 7) is 4.48. The molecule has 0 aliphatic carbocycles. The molecule has 16 heavy (non-hydrogen) atoms. The van der Waals surface area contributed by atoms with Gasteiger partial charge in [-0.25, -0.2) is 9.97 Å². The summed E-state index contributed by atoms with van der Waals surface area (Å²) in [5.41, 5.74) is 0. The molecule has 0 bridgehead atoms. The molecule has 0 saturated carbocycles. The first-order chi connectivity index (χ1) is 7.88. The van der Waals surface area contributed by atoms with E-state index in [1.54, 1.807) is 6.07 Å². The van der Waals surface area contributed by atoms with Crippen LogP contribution in [0.5, 0.6) is 11.8 Å². The van der Waals surface area contributed by atoms with Gasteiger partial charge in [-0.2, -0.15) is 0 Å². The molecule has 1 N–H and O–H groups in total. The average molecular weight is 223 g/mol. The second-order valence-electron chi connectivity index (χ2n) is 3.71. The Bertz CT molecular complexity index is 327. The molecular weight excluding hydrogens is 206 g/mol. The van der Waals surface area contributed by atoms with E-state index in [4.69, 9.17) is 9.47 Å². The molecule has 88 valence electrons. The number of ether oxygens (including phenoxy) is 2. The van der Waals surface area contributed by atoms with Gasteiger partial charge in [0, 0.05) is 6.54 Å². The van der Waals surface area contributed by atoms with Crippen molar-refractivity contribution in [1.82, 2.24) is 15.3 Å². The first-order valence-corrected chi connectivity index (χ1v) is 5.70. The van der Waals surface area contributed by atoms with Crippen LogP contribution in [0.3, 0.4) is 0 Å². The minimum Gasteiger partial charge on any atom is -0.478 e. The fraction of sp³-hybridized carbons (Fsp3) is 0.636. The number of nitrogens with one attached hydrogen (secondary N) is 1. The lowest BCUT2D eigenvalue weighted by molar-refractivity contribution is 0.159. The average Bonchev–Trinajstić information content (AvgIpc) is 2.31. The van der Waals surface area contributed by atoms with Crippen molar-refractivity contribution >= 4 is 0 Å². The van der Waals surface area contributed by atoms with Crippen molar-refractivity contribution in [3.63, 3.8) is 0 Å². The standard InChI is InChI=1S/C11H17N3O2/c1-2-15-10-6-11(14-8-13-10)16-9-4-3-5-12-7-9/h6,8-9,12H,2-5,7H2,1H3. The van der Waals surface area contributed by atoms with E-state index in [1.165, 1.54) is 6.33 Å². The third-order valence-electron chi connectivity index (χ3n) is 2.45. The van der Waals surface area contributed by atoms with Crippen LogP contribution in [0, 0.1) is 0 Å². The van der Waals surface area contributed by atoms with Crippen LogP contribution in [-0.2, 0) is 0 Å². The molecule has 2 heterocycles. The fourth-order valence-corrected chi connectivity index (χ4v) is 1.71. The zero-order valence-electron chi connectivity index (χ0n) is 9.48. The molecule has 0 radical (unpaired) electrons. The van der Waals surface area contributed by atoms with E-state index in [0.29, 0.717) is 18.4 Å². The predicted octanol–water partition coefficient (Wildman–Crippen LogP) is 1.01. The van der Waals surface area contributed by atoms with Gasteiger partial charge in [-0.05, 0) is 26.3 Å². The first-order valence-electron chi connectivity index (χ1n) is 5.70. The van der Waals surface area contributed by atoms with Gasteiger partial charge < -0.3 is 14.8 Å². The van der Waals surface area contributed by atoms with Crippen LogP contribution in [0.1, 0.15) is 19.8 Å². The predicted molar refractivity (Wildman–Crippen MR) is 59.7 cm³/mol. The summed E-state index contributed by atoms with van der Waals surface area (Å²) in [7, 11) is 0. The molecule has 1 aliphatic heterocycles. The normalized spacial score (nSPS) is 20.4. The second-order valence-corrected chi connectivity index (χ2v) is 3.71. The zero-order valence-corrected chi connectivity index (χ0v) is 9.48. The van der Waals surface area contributed by atoms with Gasteiger partial charge in [-0.3, -0.25) is 0 Å². The monoisotopic (exact) mass is 223 g/mol. The van der Waals surface area contributed by atoms with E-state index in [1.807, 2.05) is 6.92 Å². The highest BCUT2D eigenvalue weighted by molar-refractivity contribution is 5.18. The van der Waals surface area contributed by atoms with E-state index in [-0.39, 0.29) is 6.10 Å². The van der Waals surface area contributed by atoms with Crippen molar-refractivity contribution in [2.75, 3.05) is 19.7 Å². The van der Waals surface area contributed by atoms with Crippen LogP contribution < -0.4 is 14.8 Å². The topological polar surface area (TPSA) is 56.3 Å². The van der Waals surface area contributed by atoms with Crippen LogP contribution in [0.15, 0.2) is 12.4 Å². The third kappa shape index (κ3) is 3.06. The fourth-order valence-electron chi connectivity index (χ4n) is 1.71. The van der Waals surface area contributed by atoms with Gasteiger partial charge in [0.05, 0.1) is 12.7 Å². The highest BCUT2D eigenvalue weighted by Crippen LogP contribution is 2.16. The van der Waals surface area contributed by atoms with Gasteiger partial charge >= 0.3 is 0 Å². The number of piperidine rings is 1. The molecule has 5 heteroatoms. The van der Waals surface area contributed by atoms with Crippen LogP contribution in [-0.4, -0.2) is 35.8 Å². The van der Waals surface area contributed by atoms with Crippen LogP contribution >= 0.6 is 0 Å². The Kier molecular flexibility index (Phi) is 3.93. The van der Waals surface area contributed by atoms with Crippen molar-refractivity contribution in [2.45, 2.75) is 25.9 Å². The Labute approximate surface area is 95.2 Å². The Morgan fingerprint density at radius 1 is 1.44 bits per heavy atom. The summed E-state index contributed by atoms with van der Waals surface area (Å²) in [5, 5.41) is 3.30. The molecule has 1 aromatic rings. The van der Waals surface area contributed by atoms with Crippen molar-refractivity contribution in [2.24, 2.45) is 0 Å². The number of hydrogen-bond acceptors (Lipinski definition) is 5. The van der Waals surface area contributed by atoms with E-state index in [9.17, 15) is 0 Å². The van der Waals surface area contributed by atoms with Gasteiger partial charge in [0.15, 0.2) is 0 Å². The number of rotatable bonds is 4. The maximum absolute atomic E-state index is 5.75. The molecular formula is C11H17N3O2. The second kappa shape index (κ2) is 5.65. The quantitative estimate of drug-likeness (QED) is 0.825. The Morgan fingerprint density at radius 2 is 2.31 bits per heavy atom. The molecule has 0 spiro atoms. The van der Waals surface area contributed by atoms with Gasteiger partial charge in [0.1, 0.15) is 12.4 Å². The lowest BCUT2D eigenvalue weighted by Crippen LogP contribution is -2.37. The number of nitrogens with zero attached hydrogens (tertiary/aromatic N) is 2. The largest absolute Gasteiger partial charge is 0.478 e. The Balaban J connectivity index is 1.94. The summed E-state index contributed by atoms with van der Waals surface area (Å²) < 4.78 is 11.0. The first kappa shape index (κ1) is 11.1. The van der Waals surface area contributed by atoms with Crippen LogP contribution in [0.4, 0.5) is 0 Å². The van der Waals surface area contributed by atoms with Crippen molar-refractivity contribution in [3.8, 4) is 11.8 Å². The molecule has 1 saturated heterocycles. The minimum absolute atomic E-state index is 0.207. The highest BCUT2D eigenvalue weighted by atomic mass is 16.5. The summed E-state index contributed by atoms with van der Waals surface area (Å²) >= 11 is 0. The number of hydrogen-bond donors (Lipinski definition) is 1. The van der Waals surface area contributed by atoms with Crippen molar-refractivity contribution in [3.05, 3.63) is 12.4 Å². The Hall–Kier alpha value is -1.36. The molecule has 5 nitrogen and oxygen atoms in total. The molecule has 2 rings (SSSR count). The lowest BCUT2D eigenvalue weighted by Gasteiger charge is -2.23. The molecule has 0 aromatic carbocycles. The SMILES string of the molecule is CCOc1cc(OC2CCCNC2)ncn1. The molecule has 1 fully saturated rings. The van der Waals surface area contributed by atoms with Crippen LogP contribution in [0.2, 0.25) is 0 Å². The van der Waals surface area contributed by atoms with Crippen LogP contribution in [0.25, 0.3) is 0 Å². The highest BCUT2D eigenvalue weighted by Gasteiger charge is 2.15. The molecule has 1 unspecified atom stereocenters. The Morgan fingerprint density at radius 3 is 3.06 bits per heavy atom. The molecule has 1 aromatic heterocycles. The summed E-state index contributed by atoms with van der Waals surface area (Å²) in [4.78, 5) is 8.07. The van der Waals surface area contributed by atoms with Gasteiger partial charge in [0.2, 0.25) is 11.8 Å². The van der Waals surface area contributed by atoms with E-state index < -0.39 is 0 Å². The van der Waals surface area contributed by atoms with Gasteiger partial charge in [0.25, 0.3) is 0 Å². The maximum atomic E-state index is 5.75. The molecule has 0 amide bonds. The van der Waals surface area contributed by atoms with Crippen molar-refractivity contribution < 1.29 is 9.47 Å². The molecule has 1 aliphatic rings. The van der Waals surface area contributed by atoms with Gasteiger partial charge in [-0.15, -0.1) is 0 Å². The third-order valence-corrected chi connectivity index (χ3v) is 2.45. The van der Waals surface area contributed by atoms with E-state index >= 15 is 0 Å².